The van der Waals surface area contributed by atoms with Crippen molar-refractivity contribution < 1.29 is 0 Å². The minimum atomic E-state index is 0.564. The van der Waals surface area contributed by atoms with Gasteiger partial charge in [0.25, 0.3) is 0 Å². The second-order valence-corrected chi connectivity index (χ2v) is 5.37. The highest BCUT2D eigenvalue weighted by molar-refractivity contribution is 5.60. The molecule has 1 aromatic heterocycles. The molecule has 0 saturated heterocycles. The van der Waals surface area contributed by atoms with Gasteiger partial charge in [0, 0.05) is 6.04 Å². The van der Waals surface area contributed by atoms with E-state index in [1.165, 1.54) is 25.7 Å². The van der Waals surface area contributed by atoms with Crippen LogP contribution >= 0.6 is 0 Å². The highest BCUT2D eigenvalue weighted by atomic mass is 15.5. The van der Waals surface area contributed by atoms with Gasteiger partial charge >= 0.3 is 0 Å². The Morgan fingerprint density at radius 1 is 1.16 bits per heavy atom. The minimum absolute atomic E-state index is 0.564. The lowest BCUT2D eigenvalue weighted by Gasteiger charge is -2.28. The van der Waals surface area contributed by atoms with Gasteiger partial charge in [0.05, 0.1) is 11.4 Å². The molecule has 0 bridgehead atoms. The lowest BCUT2D eigenvalue weighted by molar-refractivity contribution is 0.361. The molecule has 19 heavy (non-hydrogen) atoms. The van der Waals surface area contributed by atoms with Crippen molar-refractivity contribution in [3.8, 4) is 5.69 Å². The summed E-state index contributed by atoms with van der Waals surface area (Å²) in [5.74, 6) is 0.868. The standard InChI is InChI=1S/C14H19N5/c1-11-6-8-12(9-7-11)16-13-4-2-3-5-14(13)19-10-15-17-18-19/h2-5,10-12,16H,6-9H2,1H3. The highest BCUT2D eigenvalue weighted by Gasteiger charge is 2.19. The van der Waals surface area contributed by atoms with Crippen molar-refractivity contribution in [1.82, 2.24) is 20.2 Å². The van der Waals surface area contributed by atoms with Crippen LogP contribution in [0.2, 0.25) is 0 Å². The molecule has 0 amide bonds. The summed E-state index contributed by atoms with van der Waals surface area (Å²) in [6.45, 7) is 2.34. The Balaban J connectivity index is 1.78. The molecular formula is C14H19N5. The number of aromatic nitrogens is 4. The quantitative estimate of drug-likeness (QED) is 0.918. The normalized spacial score (nSPS) is 23.2. The van der Waals surface area contributed by atoms with Crippen LogP contribution in [0.1, 0.15) is 32.6 Å². The molecule has 3 rings (SSSR count). The van der Waals surface area contributed by atoms with Crippen molar-refractivity contribution >= 4 is 5.69 Å². The predicted molar refractivity (Wildman–Crippen MR) is 74.2 cm³/mol. The Kier molecular flexibility index (Phi) is 3.44. The fourth-order valence-electron chi connectivity index (χ4n) is 2.69. The van der Waals surface area contributed by atoms with Crippen molar-refractivity contribution in [2.45, 2.75) is 38.6 Å². The first kappa shape index (κ1) is 12.1. The Morgan fingerprint density at radius 3 is 2.68 bits per heavy atom. The molecule has 1 heterocycles. The number of benzene rings is 1. The highest BCUT2D eigenvalue weighted by Crippen LogP contribution is 2.28. The average Bonchev–Trinajstić information content (AvgIpc) is 2.96. The van der Waals surface area contributed by atoms with E-state index in [1.54, 1.807) is 11.0 Å². The molecule has 0 unspecified atom stereocenters. The van der Waals surface area contributed by atoms with Gasteiger partial charge < -0.3 is 5.32 Å². The number of nitrogens with one attached hydrogen (secondary N) is 1. The van der Waals surface area contributed by atoms with Crippen LogP contribution in [0.15, 0.2) is 30.6 Å². The van der Waals surface area contributed by atoms with Gasteiger partial charge in [-0.1, -0.05) is 19.1 Å². The first-order valence-electron chi connectivity index (χ1n) is 6.92. The second kappa shape index (κ2) is 5.38. The summed E-state index contributed by atoms with van der Waals surface area (Å²) in [6, 6.07) is 8.74. The Labute approximate surface area is 113 Å². The molecule has 100 valence electrons. The Morgan fingerprint density at radius 2 is 1.95 bits per heavy atom. The molecule has 5 heteroatoms. The maximum absolute atomic E-state index is 3.97. The smallest absolute Gasteiger partial charge is 0.143 e. The number of hydrogen-bond donors (Lipinski definition) is 1. The van der Waals surface area contributed by atoms with Gasteiger partial charge in [-0.15, -0.1) is 5.10 Å². The third kappa shape index (κ3) is 2.75. The zero-order chi connectivity index (χ0) is 13.1. The fourth-order valence-corrected chi connectivity index (χ4v) is 2.69. The van der Waals surface area contributed by atoms with Crippen molar-refractivity contribution in [3.05, 3.63) is 30.6 Å². The van der Waals surface area contributed by atoms with Crippen LogP contribution in [0.25, 0.3) is 5.69 Å². The fraction of sp³-hybridized carbons (Fsp3) is 0.500. The van der Waals surface area contributed by atoms with Crippen LogP contribution in [0.3, 0.4) is 0 Å². The van der Waals surface area contributed by atoms with E-state index in [9.17, 15) is 0 Å². The maximum atomic E-state index is 3.97. The number of nitrogens with zero attached hydrogens (tertiary/aromatic N) is 4. The molecular weight excluding hydrogens is 238 g/mol. The van der Waals surface area contributed by atoms with E-state index in [4.69, 9.17) is 0 Å². The van der Waals surface area contributed by atoms with Gasteiger partial charge in [-0.2, -0.15) is 4.68 Å². The third-order valence-corrected chi connectivity index (χ3v) is 3.88. The molecule has 0 atom stereocenters. The maximum Gasteiger partial charge on any atom is 0.143 e. The van der Waals surface area contributed by atoms with Gasteiger partial charge in [-0.3, -0.25) is 0 Å². The van der Waals surface area contributed by atoms with Crippen LogP contribution in [0.4, 0.5) is 5.69 Å². The number of tetrazole rings is 1. The van der Waals surface area contributed by atoms with Crippen LogP contribution < -0.4 is 5.32 Å². The van der Waals surface area contributed by atoms with E-state index in [0.717, 1.165) is 17.3 Å². The van der Waals surface area contributed by atoms with E-state index in [2.05, 4.69) is 33.8 Å². The molecule has 1 fully saturated rings. The Bertz CT molecular complexity index is 514. The van der Waals surface area contributed by atoms with Crippen molar-refractivity contribution in [1.29, 1.82) is 0 Å². The van der Waals surface area contributed by atoms with Crippen LogP contribution in [0, 0.1) is 5.92 Å². The molecule has 5 nitrogen and oxygen atoms in total. The summed E-state index contributed by atoms with van der Waals surface area (Å²) < 4.78 is 1.70. The molecule has 0 spiro atoms. The van der Waals surface area contributed by atoms with Gasteiger partial charge in [0.15, 0.2) is 0 Å². The van der Waals surface area contributed by atoms with Gasteiger partial charge in [0.2, 0.25) is 0 Å². The number of anilines is 1. The summed E-state index contributed by atoms with van der Waals surface area (Å²) in [5.41, 5.74) is 2.11. The van der Waals surface area contributed by atoms with Crippen molar-refractivity contribution in [2.75, 3.05) is 5.32 Å². The molecule has 1 saturated carbocycles. The molecule has 2 aromatic rings. The van der Waals surface area contributed by atoms with Crippen LogP contribution in [0.5, 0.6) is 0 Å². The molecule has 0 radical (unpaired) electrons. The van der Waals surface area contributed by atoms with Crippen LogP contribution in [-0.4, -0.2) is 26.2 Å². The number of hydrogen-bond acceptors (Lipinski definition) is 4. The number of para-hydroxylation sites is 2. The summed E-state index contributed by atoms with van der Waals surface area (Å²) in [5, 5.41) is 15.0. The van der Waals surface area contributed by atoms with Crippen LogP contribution in [-0.2, 0) is 0 Å². The molecule has 0 aliphatic heterocycles. The average molecular weight is 257 g/mol. The summed E-state index contributed by atoms with van der Waals surface area (Å²) in [6.07, 6.45) is 6.73. The van der Waals surface area contributed by atoms with E-state index >= 15 is 0 Å². The SMILES string of the molecule is CC1CCC(Nc2ccccc2-n2cnnn2)CC1. The monoisotopic (exact) mass is 257 g/mol. The Hall–Kier alpha value is -1.91. The summed E-state index contributed by atoms with van der Waals surface area (Å²) in [4.78, 5) is 0. The van der Waals surface area contributed by atoms with Gasteiger partial charge in [0.1, 0.15) is 6.33 Å². The lowest BCUT2D eigenvalue weighted by Crippen LogP contribution is -2.25. The van der Waals surface area contributed by atoms with Crippen molar-refractivity contribution in [3.63, 3.8) is 0 Å². The minimum Gasteiger partial charge on any atom is -0.381 e. The number of rotatable bonds is 3. The first-order valence-corrected chi connectivity index (χ1v) is 6.92. The summed E-state index contributed by atoms with van der Waals surface area (Å²) >= 11 is 0. The molecule has 1 aromatic carbocycles. The third-order valence-electron chi connectivity index (χ3n) is 3.88. The van der Waals surface area contributed by atoms with Crippen molar-refractivity contribution in [2.24, 2.45) is 5.92 Å². The molecule has 1 aliphatic carbocycles. The zero-order valence-electron chi connectivity index (χ0n) is 11.2. The van der Waals surface area contributed by atoms with Gasteiger partial charge in [-0.05, 0) is 54.2 Å². The largest absolute Gasteiger partial charge is 0.381 e. The van der Waals surface area contributed by atoms with E-state index < -0.39 is 0 Å². The van der Waals surface area contributed by atoms with E-state index in [0.29, 0.717) is 6.04 Å². The molecule has 1 aliphatic rings. The summed E-state index contributed by atoms with van der Waals surface area (Å²) in [7, 11) is 0. The lowest BCUT2D eigenvalue weighted by atomic mass is 9.87. The van der Waals surface area contributed by atoms with E-state index in [-0.39, 0.29) is 0 Å². The molecule has 1 N–H and O–H groups in total. The second-order valence-electron chi connectivity index (χ2n) is 5.37. The van der Waals surface area contributed by atoms with Gasteiger partial charge in [-0.25, -0.2) is 0 Å². The topological polar surface area (TPSA) is 55.6 Å². The first-order chi connectivity index (χ1) is 9.33. The predicted octanol–water partition coefficient (Wildman–Crippen LogP) is 2.65. The van der Waals surface area contributed by atoms with E-state index in [1.807, 2.05) is 18.2 Å². The zero-order valence-corrected chi connectivity index (χ0v) is 11.2.